The highest BCUT2D eigenvalue weighted by molar-refractivity contribution is 5.44. The van der Waals surface area contributed by atoms with Gasteiger partial charge in [0.1, 0.15) is 19.0 Å². The molecule has 0 aliphatic rings. The van der Waals surface area contributed by atoms with E-state index in [1.54, 1.807) is 6.07 Å². The van der Waals surface area contributed by atoms with E-state index < -0.39 is 0 Å². The molecule has 0 amide bonds. The highest BCUT2D eigenvalue weighted by Gasteiger charge is 2.26. The molecule has 1 aromatic carbocycles. The number of nitrogens with zero attached hydrogens (tertiary/aromatic N) is 2. The van der Waals surface area contributed by atoms with Crippen molar-refractivity contribution < 1.29 is 14.2 Å². The van der Waals surface area contributed by atoms with Crippen LogP contribution in [0, 0.1) is 0 Å². The first-order chi connectivity index (χ1) is 15.6. The molecule has 0 saturated carbocycles. The van der Waals surface area contributed by atoms with Crippen LogP contribution < -0.4 is 19.8 Å². The third kappa shape index (κ3) is 5.52. The van der Waals surface area contributed by atoms with Crippen LogP contribution >= 0.6 is 0 Å². The number of ether oxygens (including phenoxy) is 3. The van der Waals surface area contributed by atoms with E-state index in [-0.39, 0.29) is 16.4 Å². The molecule has 0 fully saturated rings. The quantitative estimate of drug-likeness (QED) is 0.399. The summed E-state index contributed by atoms with van der Waals surface area (Å²) in [5.74, 6) is 1.64. The molecule has 0 spiro atoms. The van der Waals surface area contributed by atoms with Gasteiger partial charge in [-0.2, -0.15) is 9.50 Å². The summed E-state index contributed by atoms with van der Waals surface area (Å²) in [6, 6.07) is 9.58. The second-order valence-electron chi connectivity index (χ2n) is 9.56. The van der Waals surface area contributed by atoms with Crippen LogP contribution in [0.5, 0.6) is 17.5 Å². The van der Waals surface area contributed by atoms with E-state index in [1.165, 1.54) is 21.7 Å². The topological polar surface area (TPSA) is 77.9 Å². The standard InChI is InChI=1S/C26H37N3O4/c1-8-25(4,5)18-11-12-20(19(15-18)26(6,7)9-2)32-13-14-33-23-16-21-27-22(31-10-3)17-24(30)29(21)28-23/h11-12,15-17,28H,8-10,13-14H2,1-7H3. The number of fused-ring (bicyclic) bond motifs is 1. The van der Waals surface area contributed by atoms with Gasteiger partial charge in [-0.3, -0.25) is 9.89 Å². The predicted molar refractivity (Wildman–Crippen MR) is 131 cm³/mol. The normalized spacial score (nSPS) is 12.2. The van der Waals surface area contributed by atoms with Gasteiger partial charge in [-0.15, -0.1) is 0 Å². The first-order valence-corrected chi connectivity index (χ1v) is 11.8. The number of aromatic nitrogens is 3. The van der Waals surface area contributed by atoms with Crippen molar-refractivity contribution in [1.29, 1.82) is 0 Å². The zero-order valence-corrected chi connectivity index (χ0v) is 20.9. The minimum atomic E-state index is -0.254. The Morgan fingerprint density at radius 2 is 1.61 bits per heavy atom. The minimum absolute atomic E-state index is 0.00168. The predicted octanol–water partition coefficient (Wildman–Crippen LogP) is 5.25. The average molecular weight is 456 g/mol. The Balaban J connectivity index is 1.71. The van der Waals surface area contributed by atoms with Gasteiger partial charge in [-0.1, -0.05) is 53.7 Å². The molecule has 0 unspecified atom stereocenters. The van der Waals surface area contributed by atoms with Crippen molar-refractivity contribution in [2.75, 3.05) is 19.8 Å². The molecule has 0 bridgehead atoms. The second-order valence-corrected chi connectivity index (χ2v) is 9.56. The second kappa shape index (κ2) is 9.89. The number of benzene rings is 1. The van der Waals surface area contributed by atoms with Crippen LogP contribution in [0.3, 0.4) is 0 Å². The Labute approximate surface area is 196 Å². The van der Waals surface area contributed by atoms with Crippen LogP contribution in [0.4, 0.5) is 0 Å². The lowest BCUT2D eigenvalue weighted by Crippen LogP contribution is -2.22. The summed E-state index contributed by atoms with van der Waals surface area (Å²) in [5.41, 5.74) is 2.85. The molecule has 0 atom stereocenters. The highest BCUT2D eigenvalue weighted by atomic mass is 16.5. The molecule has 3 rings (SSSR count). The monoisotopic (exact) mass is 455 g/mol. The van der Waals surface area contributed by atoms with Gasteiger partial charge in [0.05, 0.1) is 12.7 Å². The molecule has 2 aromatic heterocycles. The Bertz CT molecular complexity index is 1140. The molecule has 33 heavy (non-hydrogen) atoms. The minimum Gasteiger partial charge on any atom is -0.490 e. The number of hydrogen-bond donors (Lipinski definition) is 1. The maximum atomic E-state index is 12.2. The lowest BCUT2D eigenvalue weighted by Gasteiger charge is -2.30. The third-order valence-electron chi connectivity index (χ3n) is 6.55. The largest absolute Gasteiger partial charge is 0.490 e. The molecule has 3 aromatic rings. The average Bonchev–Trinajstić information content (AvgIpc) is 3.20. The number of aromatic amines is 1. The number of rotatable bonds is 11. The Morgan fingerprint density at radius 3 is 2.27 bits per heavy atom. The third-order valence-corrected chi connectivity index (χ3v) is 6.55. The van der Waals surface area contributed by atoms with Gasteiger partial charge >= 0.3 is 0 Å². The van der Waals surface area contributed by atoms with Crippen molar-refractivity contribution in [2.24, 2.45) is 0 Å². The molecule has 180 valence electrons. The molecule has 0 aliphatic carbocycles. The van der Waals surface area contributed by atoms with Gasteiger partial charge in [0.2, 0.25) is 11.8 Å². The lowest BCUT2D eigenvalue weighted by molar-refractivity contribution is 0.208. The van der Waals surface area contributed by atoms with Crippen molar-refractivity contribution in [3.05, 3.63) is 51.8 Å². The van der Waals surface area contributed by atoms with Crippen molar-refractivity contribution in [1.82, 2.24) is 14.6 Å². The van der Waals surface area contributed by atoms with Gasteiger partial charge in [0.25, 0.3) is 5.56 Å². The molecule has 0 saturated heterocycles. The van der Waals surface area contributed by atoms with Crippen LogP contribution in [0.15, 0.2) is 35.1 Å². The zero-order valence-electron chi connectivity index (χ0n) is 20.9. The maximum absolute atomic E-state index is 12.2. The van der Waals surface area contributed by atoms with Crippen molar-refractivity contribution in [3.63, 3.8) is 0 Å². The molecule has 2 heterocycles. The van der Waals surface area contributed by atoms with Crippen LogP contribution in [-0.4, -0.2) is 34.4 Å². The molecule has 1 N–H and O–H groups in total. The van der Waals surface area contributed by atoms with Gasteiger partial charge in [-0.05, 0) is 42.2 Å². The van der Waals surface area contributed by atoms with Crippen LogP contribution in [-0.2, 0) is 10.8 Å². The van der Waals surface area contributed by atoms with Crippen LogP contribution in [0.25, 0.3) is 5.65 Å². The fraction of sp³-hybridized carbons (Fsp3) is 0.538. The van der Waals surface area contributed by atoms with E-state index in [1.807, 2.05) is 6.92 Å². The summed E-state index contributed by atoms with van der Waals surface area (Å²) in [5, 5.41) is 2.92. The SMILES string of the molecule is CCOc1cc(=O)n2[nH]c(OCCOc3ccc(C(C)(C)CC)cc3C(C)(C)CC)cc2n1. The molecule has 7 nitrogen and oxygen atoms in total. The summed E-state index contributed by atoms with van der Waals surface area (Å²) < 4.78 is 18.6. The molecule has 0 aliphatic heterocycles. The number of H-pyrrole nitrogens is 1. The number of hydrogen-bond acceptors (Lipinski definition) is 5. The smallest absolute Gasteiger partial charge is 0.276 e. The van der Waals surface area contributed by atoms with E-state index in [0.717, 1.165) is 18.6 Å². The highest BCUT2D eigenvalue weighted by Crippen LogP contribution is 2.38. The van der Waals surface area contributed by atoms with E-state index in [0.29, 0.717) is 37.2 Å². The van der Waals surface area contributed by atoms with Crippen molar-refractivity contribution in [3.8, 4) is 17.5 Å². The first kappa shape index (κ1) is 24.7. The molecule has 7 heteroatoms. The van der Waals surface area contributed by atoms with Gasteiger partial charge < -0.3 is 14.2 Å². The zero-order chi connectivity index (χ0) is 24.2. The Morgan fingerprint density at radius 1 is 0.909 bits per heavy atom. The van der Waals surface area contributed by atoms with Gasteiger partial charge in [0, 0.05) is 11.6 Å². The van der Waals surface area contributed by atoms with Crippen LogP contribution in [0.2, 0.25) is 0 Å². The van der Waals surface area contributed by atoms with Gasteiger partial charge in [-0.25, -0.2) is 0 Å². The van der Waals surface area contributed by atoms with Crippen molar-refractivity contribution in [2.45, 2.75) is 72.1 Å². The van der Waals surface area contributed by atoms with E-state index >= 15 is 0 Å². The van der Waals surface area contributed by atoms with Crippen LogP contribution in [0.1, 0.15) is 72.4 Å². The summed E-state index contributed by atoms with van der Waals surface area (Å²) in [4.78, 5) is 16.5. The molecular formula is C26H37N3O4. The maximum Gasteiger partial charge on any atom is 0.276 e. The Hall–Kier alpha value is -2.96. The lowest BCUT2D eigenvalue weighted by atomic mass is 9.76. The summed E-state index contributed by atoms with van der Waals surface area (Å²) in [6.45, 7) is 16.5. The number of nitrogens with one attached hydrogen (secondary N) is 1. The Kier molecular flexibility index (Phi) is 7.40. The molecular weight excluding hydrogens is 418 g/mol. The van der Waals surface area contributed by atoms with Crippen molar-refractivity contribution >= 4 is 5.65 Å². The summed E-state index contributed by atoms with van der Waals surface area (Å²) in [6.07, 6.45) is 2.08. The fourth-order valence-corrected chi connectivity index (χ4v) is 3.55. The fourth-order valence-electron chi connectivity index (χ4n) is 3.55. The van der Waals surface area contributed by atoms with E-state index in [2.05, 4.69) is 69.8 Å². The van der Waals surface area contributed by atoms with Gasteiger partial charge in [0.15, 0.2) is 5.65 Å². The van der Waals surface area contributed by atoms with E-state index in [4.69, 9.17) is 14.2 Å². The molecule has 0 radical (unpaired) electrons. The summed E-state index contributed by atoms with van der Waals surface area (Å²) in [7, 11) is 0. The summed E-state index contributed by atoms with van der Waals surface area (Å²) >= 11 is 0. The first-order valence-electron chi connectivity index (χ1n) is 11.8. The van der Waals surface area contributed by atoms with E-state index in [9.17, 15) is 4.79 Å².